The molecular weight excluding hydrogens is 346 g/mol. The zero-order valence-corrected chi connectivity index (χ0v) is 16.0. The molecule has 6 nitrogen and oxygen atoms in total. The normalized spacial score (nSPS) is 11.0. The molecule has 2 heterocycles. The summed E-state index contributed by atoms with van der Waals surface area (Å²) in [5, 5.41) is 0.827. The monoisotopic (exact) mass is 367 g/mol. The van der Waals surface area contributed by atoms with Crippen LogP contribution in [0.4, 0.5) is 0 Å². The Morgan fingerprint density at radius 3 is 2.44 bits per heavy atom. The van der Waals surface area contributed by atoms with Gasteiger partial charge in [0, 0.05) is 28.3 Å². The van der Waals surface area contributed by atoms with E-state index >= 15 is 0 Å². The number of Topliss-reactive ketones (excluding diaryl/α,β-unsaturated/α-hetero) is 2. The summed E-state index contributed by atoms with van der Waals surface area (Å²) < 4.78 is 11.0. The fraction of sp³-hybridized carbons (Fsp3) is 0.286. The standard InChI is InChI=1S/C21H21NO5/c1-10-8-18(25)27-21-11(2)17(7-6-15(10)21)26-9-16(24)20-12(3)19(14(5)23)13(4)22-20/h6-8,22H,9H2,1-5H3. The second kappa shape index (κ2) is 6.87. The van der Waals surface area contributed by atoms with Crippen molar-refractivity contribution in [1.82, 2.24) is 4.98 Å². The van der Waals surface area contributed by atoms with Crippen molar-refractivity contribution in [2.24, 2.45) is 0 Å². The predicted octanol–water partition coefficient (Wildman–Crippen LogP) is 3.82. The Kier molecular flexibility index (Phi) is 4.74. The second-order valence-electron chi connectivity index (χ2n) is 6.71. The van der Waals surface area contributed by atoms with E-state index in [2.05, 4.69) is 4.98 Å². The second-order valence-corrected chi connectivity index (χ2v) is 6.71. The van der Waals surface area contributed by atoms with Gasteiger partial charge < -0.3 is 14.1 Å². The number of benzene rings is 1. The molecule has 0 fully saturated rings. The largest absolute Gasteiger partial charge is 0.485 e. The van der Waals surface area contributed by atoms with Crippen LogP contribution in [0.3, 0.4) is 0 Å². The number of carbonyl (C=O) groups is 2. The summed E-state index contributed by atoms with van der Waals surface area (Å²) >= 11 is 0. The number of nitrogens with one attached hydrogen (secondary N) is 1. The quantitative estimate of drug-likeness (QED) is 0.547. The van der Waals surface area contributed by atoms with Crippen LogP contribution in [0.1, 0.15) is 50.2 Å². The zero-order chi connectivity index (χ0) is 19.9. The molecule has 3 aromatic rings. The van der Waals surface area contributed by atoms with E-state index in [0.717, 1.165) is 10.9 Å². The fourth-order valence-electron chi connectivity index (χ4n) is 3.43. The van der Waals surface area contributed by atoms with E-state index in [9.17, 15) is 14.4 Å². The molecule has 0 unspecified atom stereocenters. The van der Waals surface area contributed by atoms with E-state index in [1.165, 1.54) is 13.0 Å². The van der Waals surface area contributed by atoms with Gasteiger partial charge in [-0.25, -0.2) is 4.79 Å². The van der Waals surface area contributed by atoms with Crippen LogP contribution in [0.15, 0.2) is 27.4 Å². The highest BCUT2D eigenvalue weighted by molar-refractivity contribution is 6.03. The number of aromatic nitrogens is 1. The Labute approximate surface area is 156 Å². The summed E-state index contributed by atoms with van der Waals surface area (Å²) in [6.07, 6.45) is 0. The lowest BCUT2D eigenvalue weighted by Crippen LogP contribution is -2.14. The maximum atomic E-state index is 12.6. The summed E-state index contributed by atoms with van der Waals surface area (Å²) in [6.45, 7) is 8.40. The first-order valence-electron chi connectivity index (χ1n) is 8.61. The highest BCUT2D eigenvalue weighted by atomic mass is 16.5. The van der Waals surface area contributed by atoms with E-state index in [1.807, 2.05) is 6.92 Å². The lowest BCUT2D eigenvalue weighted by atomic mass is 10.1. The van der Waals surface area contributed by atoms with Crippen LogP contribution in [-0.4, -0.2) is 23.2 Å². The Bertz CT molecular complexity index is 1130. The molecule has 3 rings (SSSR count). The Morgan fingerprint density at radius 1 is 1.11 bits per heavy atom. The zero-order valence-electron chi connectivity index (χ0n) is 16.0. The van der Waals surface area contributed by atoms with Crippen LogP contribution in [0.25, 0.3) is 11.0 Å². The molecular formula is C21H21NO5. The average molecular weight is 367 g/mol. The fourth-order valence-corrected chi connectivity index (χ4v) is 3.43. The molecule has 6 heteroatoms. The summed E-state index contributed by atoms with van der Waals surface area (Å²) in [5.74, 6) is 0.127. The van der Waals surface area contributed by atoms with Crippen molar-refractivity contribution in [3.05, 3.63) is 62.3 Å². The van der Waals surface area contributed by atoms with Crippen molar-refractivity contribution in [2.75, 3.05) is 6.61 Å². The average Bonchev–Trinajstić information content (AvgIpc) is 2.89. The first-order valence-corrected chi connectivity index (χ1v) is 8.61. The van der Waals surface area contributed by atoms with Crippen molar-refractivity contribution in [3.8, 4) is 5.75 Å². The van der Waals surface area contributed by atoms with E-state index < -0.39 is 5.63 Å². The van der Waals surface area contributed by atoms with Gasteiger partial charge in [-0.1, -0.05) is 0 Å². The molecule has 0 bridgehead atoms. The van der Waals surface area contributed by atoms with Gasteiger partial charge in [-0.05, 0) is 57.9 Å². The maximum absolute atomic E-state index is 12.6. The molecule has 2 aromatic heterocycles. The van der Waals surface area contributed by atoms with Gasteiger partial charge in [0.25, 0.3) is 0 Å². The number of carbonyl (C=O) groups excluding carboxylic acids is 2. The van der Waals surface area contributed by atoms with Gasteiger partial charge in [-0.2, -0.15) is 0 Å². The topological polar surface area (TPSA) is 89.4 Å². The molecule has 0 saturated carbocycles. The van der Waals surface area contributed by atoms with Gasteiger partial charge in [-0.15, -0.1) is 0 Å². The van der Waals surface area contributed by atoms with Crippen LogP contribution in [0, 0.1) is 27.7 Å². The number of hydrogen-bond acceptors (Lipinski definition) is 5. The minimum Gasteiger partial charge on any atom is -0.485 e. The lowest BCUT2D eigenvalue weighted by molar-refractivity contribution is 0.0916. The molecule has 0 aliphatic rings. The number of aromatic amines is 1. The first-order chi connectivity index (χ1) is 12.7. The van der Waals surface area contributed by atoms with Crippen molar-refractivity contribution in [3.63, 3.8) is 0 Å². The van der Waals surface area contributed by atoms with Crippen molar-refractivity contribution in [1.29, 1.82) is 0 Å². The third kappa shape index (κ3) is 3.30. The van der Waals surface area contributed by atoms with Crippen LogP contribution < -0.4 is 10.4 Å². The minimum absolute atomic E-state index is 0.0861. The van der Waals surface area contributed by atoms with Crippen molar-refractivity contribution < 1.29 is 18.7 Å². The first kappa shape index (κ1) is 18.6. The Balaban J connectivity index is 1.88. The van der Waals surface area contributed by atoms with Gasteiger partial charge >= 0.3 is 5.63 Å². The number of H-pyrrole nitrogens is 1. The van der Waals surface area contributed by atoms with Gasteiger partial charge in [0.2, 0.25) is 5.78 Å². The van der Waals surface area contributed by atoms with Crippen LogP contribution in [0.5, 0.6) is 5.75 Å². The highest BCUT2D eigenvalue weighted by Gasteiger charge is 2.20. The number of aryl methyl sites for hydroxylation is 3. The third-order valence-electron chi connectivity index (χ3n) is 4.75. The number of rotatable bonds is 5. The maximum Gasteiger partial charge on any atom is 0.336 e. The molecule has 1 N–H and O–H groups in total. The molecule has 1 aromatic carbocycles. The van der Waals surface area contributed by atoms with Gasteiger partial charge in [0.05, 0.1) is 5.69 Å². The molecule has 0 aliphatic carbocycles. The molecule has 0 aliphatic heterocycles. The molecule has 0 amide bonds. The molecule has 140 valence electrons. The number of ketones is 2. The number of ether oxygens (including phenoxy) is 1. The molecule has 0 atom stereocenters. The smallest absolute Gasteiger partial charge is 0.336 e. The summed E-state index contributed by atoms with van der Waals surface area (Å²) in [7, 11) is 0. The van der Waals surface area contributed by atoms with Gasteiger partial charge in [0.1, 0.15) is 11.3 Å². The SMILES string of the molecule is CC(=O)c1c(C)[nH]c(C(=O)COc2ccc3c(C)cc(=O)oc3c2C)c1C. The minimum atomic E-state index is -0.425. The van der Waals surface area contributed by atoms with Crippen molar-refractivity contribution in [2.45, 2.75) is 34.6 Å². The van der Waals surface area contributed by atoms with E-state index in [0.29, 0.717) is 39.4 Å². The van der Waals surface area contributed by atoms with Crippen molar-refractivity contribution >= 4 is 22.5 Å². The predicted molar refractivity (Wildman–Crippen MR) is 102 cm³/mol. The highest BCUT2D eigenvalue weighted by Crippen LogP contribution is 2.28. The Morgan fingerprint density at radius 2 is 1.81 bits per heavy atom. The summed E-state index contributed by atoms with van der Waals surface area (Å²) in [6, 6.07) is 5.00. The van der Waals surface area contributed by atoms with E-state index in [-0.39, 0.29) is 18.2 Å². The van der Waals surface area contributed by atoms with E-state index in [1.54, 1.807) is 32.9 Å². The van der Waals surface area contributed by atoms with Gasteiger partial charge in [0.15, 0.2) is 12.4 Å². The molecule has 27 heavy (non-hydrogen) atoms. The molecule has 0 radical (unpaired) electrons. The lowest BCUT2D eigenvalue weighted by Gasteiger charge is -2.11. The molecule has 0 saturated heterocycles. The van der Waals surface area contributed by atoms with E-state index in [4.69, 9.17) is 9.15 Å². The summed E-state index contributed by atoms with van der Waals surface area (Å²) in [5.41, 5.74) is 3.72. The van der Waals surface area contributed by atoms with Gasteiger partial charge in [-0.3, -0.25) is 9.59 Å². The Hall–Kier alpha value is -3.15. The van der Waals surface area contributed by atoms with Crippen LogP contribution in [0.2, 0.25) is 0 Å². The summed E-state index contributed by atoms with van der Waals surface area (Å²) in [4.78, 5) is 38.9. The van der Waals surface area contributed by atoms with Crippen LogP contribution in [-0.2, 0) is 0 Å². The number of hydrogen-bond donors (Lipinski definition) is 1. The number of fused-ring (bicyclic) bond motifs is 1. The van der Waals surface area contributed by atoms with Crippen LogP contribution >= 0.6 is 0 Å². The molecule has 0 spiro atoms. The third-order valence-corrected chi connectivity index (χ3v) is 4.75.